The monoisotopic (exact) mass is 349 g/mol. The molecule has 0 aliphatic rings. The topological polar surface area (TPSA) is 97.5 Å². The van der Waals surface area contributed by atoms with Crippen LogP contribution in [0.5, 0.6) is 0 Å². The van der Waals surface area contributed by atoms with Crippen LogP contribution in [-0.2, 0) is 17.9 Å². The van der Waals surface area contributed by atoms with E-state index in [-0.39, 0.29) is 11.6 Å². The molecule has 0 spiro atoms. The van der Waals surface area contributed by atoms with E-state index in [1.165, 1.54) is 0 Å². The van der Waals surface area contributed by atoms with Gasteiger partial charge in [0.2, 0.25) is 0 Å². The maximum atomic E-state index is 11.6. The van der Waals surface area contributed by atoms with Crippen LogP contribution in [0.25, 0.3) is 10.9 Å². The van der Waals surface area contributed by atoms with Crippen molar-refractivity contribution in [2.75, 3.05) is 5.32 Å². The van der Waals surface area contributed by atoms with Crippen molar-refractivity contribution in [3.8, 4) is 0 Å². The Hall–Kier alpha value is -3.38. The van der Waals surface area contributed by atoms with Gasteiger partial charge in [0.25, 0.3) is 0 Å². The van der Waals surface area contributed by atoms with Crippen molar-refractivity contribution in [1.82, 2.24) is 4.98 Å². The summed E-state index contributed by atoms with van der Waals surface area (Å²) in [4.78, 5) is 15.8. The molecule has 1 heterocycles. The minimum absolute atomic E-state index is 0.101. The average Bonchev–Trinajstić information content (AvgIpc) is 2.66. The zero-order valence-electron chi connectivity index (χ0n) is 14.1. The molecule has 0 saturated heterocycles. The van der Waals surface area contributed by atoms with E-state index < -0.39 is 5.97 Å². The molecule has 0 amide bonds. The van der Waals surface area contributed by atoms with Crippen molar-refractivity contribution in [1.29, 1.82) is 0 Å². The van der Waals surface area contributed by atoms with Gasteiger partial charge in [0.1, 0.15) is 6.61 Å². The lowest BCUT2D eigenvalue weighted by atomic mass is 10.1. The third kappa shape index (κ3) is 3.99. The lowest BCUT2D eigenvalue weighted by Gasteiger charge is -2.14. The van der Waals surface area contributed by atoms with Crippen molar-refractivity contribution in [2.45, 2.75) is 13.2 Å². The van der Waals surface area contributed by atoms with Crippen LogP contribution in [0.2, 0.25) is 0 Å². The van der Waals surface area contributed by atoms with Gasteiger partial charge in [-0.15, -0.1) is 0 Å². The molecule has 26 heavy (non-hydrogen) atoms. The highest BCUT2D eigenvalue weighted by Gasteiger charge is 2.15. The molecule has 0 bridgehead atoms. The van der Waals surface area contributed by atoms with Gasteiger partial charge in [0.05, 0.1) is 11.2 Å². The van der Waals surface area contributed by atoms with Crippen LogP contribution in [0.4, 0.5) is 5.69 Å². The minimum atomic E-state index is -1.14. The molecule has 132 valence electrons. The molecule has 0 saturated carbocycles. The highest BCUT2D eigenvalue weighted by Crippen LogP contribution is 2.23. The predicted octanol–water partition coefficient (Wildman–Crippen LogP) is 3.49. The molecule has 0 atom stereocenters. The first kappa shape index (κ1) is 17.4. The fourth-order valence-corrected chi connectivity index (χ4v) is 2.53. The Balaban J connectivity index is 1.82. The van der Waals surface area contributed by atoms with Gasteiger partial charge in [0.15, 0.2) is 11.6 Å². The van der Waals surface area contributed by atoms with Gasteiger partial charge in [-0.05, 0) is 29.8 Å². The Morgan fingerprint density at radius 1 is 1.15 bits per heavy atom. The number of carbonyl (C=O) groups is 1. The molecule has 1 aromatic heterocycles. The number of nitrogens with zero attached hydrogens (tertiary/aromatic N) is 1. The number of aromatic nitrogens is 1. The van der Waals surface area contributed by atoms with Gasteiger partial charge < -0.3 is 20.9 Å². The molecule has 0 radical (unpaired) electrons. The number of ether oxygens (including phenoxy) is 1. The summed E-state index contributed by atoms with van der Waals surface area (Å²) >= 11 is 0. The number of pyridine rings is 1. The maximum absolute atomic E-state index is 11.6. The average molecular weight is 349 g/mol. The highest BCUT2D eigenvalue weighted by atomic mass is 16.5. The van der Waals surface area contributed by atoms with E-state index in [4.69, 9.17) is 10.5 Å². The summed E-state index contributed by atoms with van der Waals surface area (Å²) in [6, 6.07) is 16.9. The molecule has 6 heteroatoms. The number of anilines is 1. The second-order valence-electron chi connectivity index (χ2n) is 5.74. The zero-order valence-corrected chi connectivity index (χ0v) is 14.1. The van der Waals surface area contributed by atoms with Gasteiger partial charge in [-0.2, -0.15) is 0 Å². The van der Waals surface area contributed by atoms with E-state index in [1.54, 1.807) is 12.1 Å². The molecular weight excluding hydrogens is 330 g/mol. The SMILES string of the molecule is C=C(Nc1cc2ccc(CN)cc2nc1C(=O)O)OCc1ccccc1. The zero-order chi connectivity index (χ0) is 18.5. The number of fused-ring (bicyclic) bond motifs is 1. The maximum Gasteiger partial charge on any atom is 0.356 e. The van der Waals surface area contributed by atoms with Crippen molar-refractivity contribution in [2.24, 2.45) is 5.73 Å². The molecule has 2 aromatic carbocycles. The van der Waals surface area contributed by atoms with Gasteiger partial charge in [-0.25, -0.2) is 9.78 Å². The molecule has 6 nitrogen and oxygen atoms in total. The van der Waals surface area contributed by atoms with Crippen molar-refractivity contribution in [3.05, 3.63) is 83.9 Å². The summed E-state index contributed by atoms with van der Waals surface area (Å²) in [6.45, 7) is 4.50. The van der Waals surface area contributed by atoms with Gasteiger partial charge in [-0.1, -0.05) is 42.5 Å². The lowest BCUT2D eigenvalue weighted by molar-refractivity contribution is 0.0692. The van der Waals surface area contributed by atoms with E-state index >= 15 is 0 Å². The normalized spacial score (nSPS) is 10.5. The molecule has 0 aliphatic heterocycles. The molecule has 0 aliphatic carbocycles. The Kier molecular flexibility index (Phi) is 5.15. The van der Waals surface area contributed by atoms with Crippen LogP contribution in [0.1, 0.15) is 21.6 Å². The molecule has 3 aromatic rings. The van der Waals surface area contributed by atoms with E-state index in [2.05, 4.69) is 16.9 Å². The third-order valence-corrected chi connectivity index (χ3v) is 3.85. The second-order valence-corrected chi connectivity index (χ2v) is 5.74. The summed E-state index contributed by atoms with van der Waals surface area (Å²) in [5.41, 5.74) is 8.30. The van der Waals surface area contributed by atoms with Crippen LogP contribution in [0, 0.1) is 0 Å². The largest absolute Gasteiger partial charge is 0.476 e. The number of rotatable bonds is 7. The molecular formula is C20H19N3O3. The number of carboxylic acids is 1. The van der Waals surface area contributed by atoms with Crippen LogP contribution >= 0.6 is 0 Å². The Morgan fingerprint density at radius 3 is 2.62 bits per heavy atom. The van der Waals surface area contributed by atoms with Crippen LogP contribution in [0.15, 0.2) is 67.1 Å². The predicted molar refractivity (Wildman–Crippen MR) is 101 cm³/mol. The smallest absolute Gasteiger partial charge is 0.356 e. The Labute approximate surface area is 150 Å². The number of benzene rings is 2. The van der Waals surface area contributed by atoms with Crippen LogP contribution in [0.3, 0.4) is 0 Å². The van der Waals surface area contributed by atoms with Crippen molar-refractivity contribution >= 4 is 22.6 Å². The number of aromatic carboxylic acids is 1. The molecule has 4 N–H and O–H groups in total. The first-order valence-electron chi connectivity index (χ1n) is 8.06. The van der Waals surface area contributed by atoms with Crippen LogP contribution < -0.4 is 11.1 Å². The second kappa shape index (κ2) is 7.67. The Bertz CT molecular complexity index is 955. The molecule has 0 fully saturated rings. The van der Waals surface area contributed by atoms with Gasteiger partial charge >= 0.3 is 5.97 Å². The van der Waals surface area contributed by atoms with Crippen molar-refractivity contribution < 1.29 is 14.6 Å². The lowest BCUT2D eigenvalue weighted by Crippen LogP contribution is -2.10. The Morgan fingerprint density at radius 2 is 1.92 bits per heavy atom. The summed E-state index contributed by atoms with van der Waals surface area (Å²) in [5.74, 6) is -0.889. The highest BCUT2D eigenvalue weighted by molar-refractivity contribution is 5.97. The number of hydrogen-bond donors (Lipinski definition) is 3. The molecule has 0 unspecified atom stereocenters. The summed E-state index contributed by atoms with van der Waals surface area (Å²) < 4.78 is 5.57. The first-order chi connectivity index (χ1) is 12.6. The van der Waals surface area contributed by atoms with E-state index in [0.717, 1.165) is 16.5 Å². The number of carboxylic acid groups (broad SMARTS) is 1. The van der Waals surface area contributed by atoms with E-state index in [1.807, 2.05) is 42.5 Å². The van der Waals surface area contributed by atoms with E-state index in [9.17, 15) is 9.90 Å². The third-order valence-electron chi connectivity index (χ3n) is 3.85. The number of hydrogen-bond acceptors (Lipinski definition) is 5. The quantitative estimate of drug-likeness (QED) is 0.565. The van der Waals surface area contributed by atoms with Gasteiger partial charge in [0, 0.05) is 11.9 Å². The molecule has 3 rings (SSSR count). The summed E-state index contributed by atoms with van der Waals surface area (Å²) in [7, 11) is 0. The van der Waals surface area contributed by atoms with Gasteiger partial charge in [-0.3, -0.25) is 0 Å². The standard InChI is InChI=1S/C20H19N3O3/c1-13(26-12-14-5-3-2-4-6-14)22-18-10-16-8-7-15(11-21)9-17(16)23-19(18)20(24)25/h2-10,22H,1,11-12,21H2,(H,24,25). The fraction of sp³-hybridized carbons (Fsp3) is 0.100. The number of nitrogens with two attached hydrogens (primary N) is 1. The summed E-state index contributed by atoms with van der Waals surface area (Å²) in [5, 5.41) is 13.2. The minimum Gasteiger partial charge on any atom is -0.476 e. The first-order valence-corrected chi connectivity index (χ1v) is 8.06. The van der Waals surface area contributed by atoms with E-state index in [0.29, 0.717) is 24.4 Å². The number of nitrogens with one attached hydrogen (secondary N) is 1. The van der Waals surface area contributed by atoms with Crippen LogP contribution in [-0.4, -0.2) is 16.1 Å². The fourth-order valence-electron chi connectivity index (χ4n) is 2.53. The van der Waals surface area contributed by atoms with Crippen molar-refractivity contribution in [3.63, 3.8) is 0 Å². The summed E-state index contributed by atoms with van der Waals surface area (Å²) in [6.07, 6.45) is 0.